The number of imidazole rings is 1. The molecule has 1 heterocycles. The second-order valence-electron chi connectivity index (χ2n) is 16.0. The van der Waals surface area contributed by atoms with Crippen molar-refractivity contribution in [1.29, 1.82) is 0 Å². The molecule has 7 atom stereocenters. The predicted molar refractivity (Wildman–Crippen MR) is 218 cm³/mol. The predicted octanol–water partition coefficient (Wildman–Crippen LogP) is -0.146. The number of nitrogens with two attached hydrogens (primary N) is 1. The number of H-pyrrole nitrogens is 1. The third-order valence-electron chi connectivity index (χ3n) is 9.28. The second-order valence-corrected chi connectivity index (χ2v) is 16.0. The van der Waals surface area contributed by atoms with E-state index in [0.29, 0.717) is 11.3 Å². The van der Waals surface area contributed by atoms with E-state index in [2.05, 4.69) is 41.9 Å². The lowest BCUT2D eigenvalue weighted by molar-refractivity contribution is -0.142. The van der Waals surface area contributed by atoms with Crippen LogP contribution in [0.3, 0.4) is 0 Å². The first-order chi connectivity index (χ1) is 28.1. The SMILES string of the molecule is CC(C)C[C@H](NC(=O)[C@H](C)NC(=O)[C@H](CCC(=O)O)NC(=O)[C@@H](NC(=O)[C@H](CC(C)C)NC(=O)[C@@H](N)Cc1cnc[nH]1)C(C)C)C(=O)N[C@@H](Cc1ccc(O)cc1)C(=O)O. The van der Waals surface area contributed by atoms with Crippen LogP contribution in [0.15, 0.2) is 36.8 Å². The molecule has 2 rings (SSSR count). The van der Waals surface area contributed by atoms with E-state index in [9.17, 15) is 53.7 Å². The van der Waals surface area contributed by atoms with Crippen LogP contribution < -0.4 is 37.6 Å². The van der Waals surface area contributed by atoms with E-state index in [-0.39, 0.29) is 43.3 Å². The summed E-state index contributed by atoms with van der Waals surface area (Å²) in [7, 11) is 0. The summed E-state index contributed by atoms with van der Waals surface area (Å²) in [6.07, 6.45) is 2.33. The zero-order chi connectivity index (χ0) is 45.3. The second kappa shape index (κ2) is 24.1. The van der Waals surface area contributed by atoms with Crippen molar-refractivity contribution in [3.63, 3.8) is 0 Å². The zero-order valence-electron chi connectivity index (χ0n) is 35.1. The first kappa shape index (κ1) is 50.1. The molecule has 60 heavy (non-hydrogen) atoms. The van der Waals surface area contributed by atoms with Crippen molar-refractivity contribution < 1.29 is 53.7 Å². The number of nitrogens with zero attached hydrogens (tertiary/aromatic N) is 1. The molecule has 0 saturated heterocycles. The first-order valence-corrected chi connectivity index (χ1v) is 19.8. The quantitative estimate of drug-likeness (QED) is 0.0621. The molecule has 0 aliphatic rings. The maximum Gasteiger partial charge on any atom is 0.326 e. The molecular formula is C40H61N9O11. The molecular weight excluding hydrogens is 782 g/mol. The highest BCUT2D eigenvalue weighted by Crippen LogP contribution is 2.14. The Hall–Kier alpha value is -6.05. The van der Waals surface area contributed by atoms with Gasteiger partial charge < -0.3 is 57.9 Å². The average molecular weight is 844 g/mol. The summed E-state index contributed by atoms with van der Waals surface area (Å²) >= 11 is 0. The van der Waals surface area contributed by atoms with Crippen molar-refractivity contribution in [2.75, 3.05) is 0 Å². The van der Waals surface area contributed by atoms with E-state index in [1.807, 2.05) is 13.8 Å². The van der Waals surface area contributed by atoms with Crippen LogP contribution in [0.5, 0.6) is 5.75 Å². The Labute approximate surface area is 349 Å². The van der Waals surface area contributed by atoms with E-state index in [1.54, 1.807) is 27.7 Å². The number of carbonyl (C=O) groups is 8. The number of hydrogen-bond donors (Lipinski definition) is 11. The Bertz CT molecular complexity index is 1770. The lowest BCUT2D eigenvalue weighted by Gasteiger charge is -2.28. The van der Waals surface area contributed by atoms with Gasteiger partial charge in [-0.05, 0) is 61.6 Å². The average Bonchev–Trinajstić information content (AvgIpc) is 3.67. The zero-order valence-corrected chi connectivity index (χ0v) is 35.1. The van der Waals surface area contributed by atoms with Gasteiger partial charge in [-0.2, -0.15) is 0 Å². The van der Waals surface area contributed by atoms with Crippen molar-refractivity contribution in [2.24, 2.45) is 23.5 Å². The van der Waals surface area contributed by atoms with Crippen LogP contribution >= 0.6 is 0 Å². The number of nitrogens with one attached hydrogen (secondary N) is 7. The van der Waals surface area contributed by atoms with Gasteiger partial charge in [-0.1, -0.05) is 53.7 Å². The molecule has 6 amide bonds. The topological polar surface area (TPSA) is 324 Å². The number of rotatable bonds is 25. The molecule has 0 aliphatic heterocycles. The molecule has 0 unspecified atom stereocenters. The minimum Gasteiger partial charge on any atom is -0.508 e. The standard InChI is InChI=1S/C40H61N9O11/c1-20(2)14-29(37(56)48-31(40(59)60)16-24-8-10-26(50)11-9-24)46-34(53)23(7)44-36(55)28(12-13-32(51)52)45-39(58)33(22(5)6)49-38(57)30(15-21(3)4)47-35(54)27(41)17-25-18-42-19-43-25/h8-11,18-23,27-31,33,50H,12-17,41H2,1-7H3,(H,42,43)(H,44,55)(H,45,58)(H,46,53)(H,47,54)(H,48,56)(H,49,57)(H,51,52)(H,59,60)/t23-,27-,28-,29-,30-,31-,33-/m0/s1. The summed E-state index contributed by atoms with van der Waals surface area (Å²) in [5, 5.41) is 44.0. The van der Waals surface area contributed by atoms with Gasteiger partial charge in [0.05, 0.1) is 12.4 Å². The van der Waals surface area contributed by atoms with Crippen LogP contribution in [0.1, 0.15) is 85.4 Å². The third kappa shape index (κ3) is 17.4. The van der Waals surface area contributed by atoms with Gasteiger partial charge in [0, 0.05) is 31.2 Å². The van der Waals surface area contributed by atoms with Gasteiger partial charge in [0.15, 0.2) is 0 Å². The number of aromatic nitrogens is 2. The molecule has 20 nitrogen and oxygen atoms in total. The molecule has 0 bridgehead atoms. The van der Waals surface area contributed by atoms with Gasteiger partial charge in [-0.25, -0.2) is 9.78 Å². The van der Waals surface area contributed by atoms with Crippen LogP contribution in [0.4, 0.5) is 0 Å². The number of phenolic OH excluding ortho intramolecular Hbond substituents is 1. The van der Waals surface area contributed by atoms with Crippen molar-refractivity contribution >= 4 is 47.4 Å². The number of aliphatic carboxylic acids is 2. The van der Waals surface area contributed by atoms with Crippen LogP contribution in [0, 0.1) is 17.8 Å². The molecule has 0 spiro atoms. The molecule has 12 N–H and O–H groups in total. The number of phenols is 1. The Morgan fingerprint density at radius 1 is 0.650 bits per heavy atom. The number of hydrogen-bond acceptors (Lipinski definition) is 11. The maximum atomic E-state index is 13.7. The molecule has 0 fully saturated rings. The number of carboxylic acids is 2. The Balaban J connectivity index is 2.18. The summed E-state index contributed by atoms with van der Waals surface area (Å²) in [4.78, 5) is 111. The molecule has 2 aromatic rings. The van der Waals surface area contributed by atoms with Crippen LogP contribution in [0.25, 0.3) is 0 Å². The highest BCUT2D eigenvalue weighted by Gasteiger charge is 2.34. The number of amides is 6. The molecule has 0 radical (unpaired) electrons. The number of aromatic amines is 1. The minimum absolute atomic E-state index is 0.0201. The van der Waals surface area contributed by atoms with Crippen molar-refractivity contribution in [2.45, 2.75) is 129 Å². The number of carbonyl (C=O) groups excluding carboxylic acids is 6. The third-order valence-corrected chi connectivity index (χ3v) is 9.28. The molecule has 0 saturated carbocycles. The summed E-state index contributed by atoms with van der Waals surface area (Å²) < 4.78 is 0. The highest BCUT2D eigenvalue weighted by atomic mass is 16.4. The van der Waals surface area contributed by atoms with Crippen LogP contribution in [-0.4, -0.2) is 115 Å². The normalized spacial score (nSPS) is 14.8. The van der Waals surface area contributed by atoms with Gasteiger partial charge in [-0.15, -0.1) is 0 Å². The molecule has 20 heteroatoms. The Morgan fingerprint density at radius 3 is 1.67 bits per heavy atom. The van der Waals surface area contributed by atoms with Gasteiger partial charge in [0.25, 0.3) is 0 Å². The smallest absolute Gasteiger partial charge is 0.326 e. The molecule has 1 aromatic carbocycles. The summed E-state index contributed by atoms with van der Waals surface area (Å²) in [6.45, 7) is 11.8. The lowest BCUT2D eigenvalue weighted by Crippen LogP contribution is -2.60. The van der Waals surface area contributed by atoms with E-state index >= 15 is 0 Å². The van der Waals surface area contributed by atoms with Crippen LogP contribution in [-0.2, 0) is 51.2 Å². The van der Waals surface area contributed by atoms with Crippen LogP contribution in [0.2, 0.25) is 0 Å². The van der Waals surface area contributed by atoms with Crippen molar-refractivity contribution in [3.8, 4) is 5.75 Å². The first-order valence-electron chi connectivity index (χ1n) is 19.8. The maximum absolute atomic E-state index is 13.7. The van der Waals surface area contributed by atoms with Crippen molar-refractivity contribution in [3.05, 3.63) is 48.0 Å². The Morgan fingerprint density at radius 2 is 1.17 bits per heavy atom. The van der Waals surface area contributed by atoms with Gasteiger partial charge in [0.1, 0.15) is 42.0 Å². The molecule has 1 aromatic heterocycles. The van der Waals surface area contributed by atoms with E-state index < -0.39 is 108 Å². The fourth-order valence-corrected chi connectivity index (χ4v) is 6.01. The molecule has 0 aliphatic carbocycles. The van der Waals surface area contributed by atoms with Gasteiger partial charge in [0.2, 0.25) is 35.4 Å². The summed E-state index contributed by atoms with van der Waals surface area (Å²) in [5.41, 5.74) is 7.21. The summed E-state index contributed by atoms with van der Waals surface area (Å²) in [5.74, 6) is -8.04. The lowest BCUT2D eigenvalue weighted by atomic mass is 9.99. The summed E-state index contributed by atoms with van der Waals surface area (Å²) in [6, 6.07) is -2.97. The van der Waals surface area contributed by atoms with Crippen molar-refractivity contribution in [1.82, 2.24) is 41.9 Å². The van der Waals surface area contributed by atoms with Gasteiger partial charge in [-0.3, -0.25) is 33.6 Å². The number of aromatic hydroxyl groups is 1. The minimum atomic E-state index is -1.49. The van der Waals surface area contributed by atoms with E-state index in [1.165, 1.54) is 43.7 Å². The van der Waals surface area contributed by atoms with E-state index in [0.717, 1.165) is 0 Å². The Kier molecular flexibility index (Phi) is 20.1. The number of benzene rings is 1. The monoisotopic (exact) mass is 843 g/mol. The highest BCUT2D eigenvalue weighted by molar-refractivity contribution is 5.97. The van der Waals surface area contributed by atoms with E-state index in [4.69, 9.17) is 5.73 Å². The largest absolute Gasteiger partial charge is 0.508 e. The van der Waals surface area contributed by atoms with Gasteiger partial charge >= 0.3 is 11.9 Å². The number of carboxylic acid groups (broad SMARTS) is 2. The fraction of sp³-hybridized carbons (Fsp3) is 0.575. The molecule has 332 valence electrons. The fourth-order valence-electron chi connectivity index (χ4n) is 6.01.